The van der Waals surface area contributed by atoms with E-state index in [1.165, 1.54) is 0 Å². The van der Waals surface area contributed by atoms with Crippen molar-refractivity contribution in [3.63, 3.8) is 0 Å². The molecule has 5 heteroatoms. The lowest BCUT2D eigenvalue weighted by atomic mass is 10.1. The molecule has 0 saturated carbocycles. The van der Waals surface area contributed by atoms with Crippen molar-refractivity contribution >= 4 is 0 Å². The highest BCUT2D eigenvalue weighted by molar-refractivity contribution is 5.28. The Balaban J connectivity index is 2.02. The van der Waals surface area contributed by atoms with Gasteiger partial charge in [0.15, 0.2) is 5.75 Å². The Hall–Kier alpha value is -1.88. The lowest BCUT2D eigenvalue weighted by Crippen LogP contribution is -2.35. The zero-order valence-corrected chi connectivity index (χ0v) is 12.6. The summed E-state index contributed by atoms with van der Waals surface area (Å²) < 4.78 is 7.61. The summed E-state index contributed by atoms with van der Waals surface area (Å²) in [4.78, 5) is 4.34. The van der Waals surface area contributed by atoms with Gasteiger partial charge in [-0.15, -0.1) is 0 Å². The van der Waals surface area contributed by atoms with Gasteiger partial charge in [0.2, 0.25) is 0 Å². The molecule has 2 rings (SSSR count). The summed E-state index contributed by atoms with van der Waals surface area (Å²) in [6, 6.07) is 3.80. The molecule has 2 aromatic rings. The number of rotatable bonds is 5. The van der Waals surface area contributed by atoms with Gasteiger partial charge in [-0.05, 0) is 33.8 Å². The van der Waals surface area contributed by atoms with Crippen LogP contribution in [0.3, 0.4) is 0 Å². The van der Waals surface area contributed by atoms with Gasteiger partial charge in [-0.3, -0.25) is 9.67 Å². The fraction of sp³-hybridized carbons (Fsp3) is 0.467. The van der Waals surface area contributed by atoms with Crippen molar-refractivity contribution in [3.8, 4) is 11.5 Å². The van der Waals surface area contributed by atoms with Gasteiger partial charge in [0, 0.05) is 30.9 Å². The molecule has 1 N–H and O–H groups in total. The minimum Gasteiger partial charge on any atom is -0.454 e. The number of ether oxygens (including phenoxy) is 1. The van der Waals surface area contributed by atoms with E-state index in [1.807, 2.05) is 29.9 Å². The molecule has 0 bridgehead atoms. The Bertz CT molecular complexity index is 557. The zero-order valence-electron chi connectivity index (χ0n) is 12.6. The van der Waals surface area contributed by atoms with Crippen LogP contribution in [0.4, 0.5) is 0 Å². The van der Waals surface area contributed by atoms with E-state index in [0.717, 1.165) is 30.3 Å². The largest absolute Gasteiger partial charge is 0.454 e. The minimum atomic E-state index is 0.0702. The third-order valence-corrected chi connectivity index (χ3v) is 2.76. The zero-order chi connectivity index (χ0) is 14.6. The summed E-state index contributed by atoms with van der Waals surface area (Å²) in [6.07, 6.45) is 5.36. The number of aryl methyl sites for hydroxylation is 1. The monoisotopic (exact) mass is 274 g/mol. The van der Waals surface area contributed by atoms with Crippen LogP contribution >= 0.6 is 0 Å². The normalized spacial score (nSPS) is 11.6. The van der Waals surface area contributed by atoms with Gasteiger partial charge in [0.1, 0.15) is 5.75 Å². The molecule has 5 nitrogen and oxygen atoms in total. The number of hydrogen-bond acceptors (Lipinski definition) is 4. The molecule has 0 aliphatic rings. The van der Waals surface area contributed by atoms with E-state index in [9.17, 15) is 0 Å². The maximum absolute atomic E-state index is 5.78. The summed E-state index contributed by atoms with van der Waals surface area (Å²) in [6.45, 7) is 9.99. The van der Waals surface area contributed by atoms with Gasteiger partial charge < -0.3 is 10.1 Å². The number of hydrogen-bond donors (Lipinski definition) is 1. The molecule has 0 spiro atoms. The quantitative estimate of drug-likeness (QED) is 0.910. The fourth-order valence-electron chi connectivity index (χ4n) is 1.68. The molecule has 0 atom stereocenters. The van der Waals surface area contributed by atoms with E-state index >= 15 is 0 Å². The van der Waals surface area contributed by atoms with Crippen LogP contribution in [-0.4, -0.2) is 20.3 Å². The van der Waals surface area contributed by atoms with Gasteiger partial charge in [-0.25, -0.2) is 0 Å². The smallest absolute Gasteiger partial charge is 0.165 e. The standard InChI is InChI=1S/C15H22N4O/c1-5-19-11-14(10-18-19)20-13-6-7-16-12(8-13)9-17-15(2,3)4/h6-8,10-11,17H,5,9H2,1-4H3. The second-order valence-corrected chi connectivity index (χ2v) is 5.72. The second-order valence-electron chi connectivity index (χ2n) is 5.72. The predicted octanol–water partition coefficient (Wildman–Crippen LogP) is 2.98. The van der Waals surface area contributed by atoms with Gasteiger partial charge in [-0.1, -0.05) is 0 Å². The number of nitrogens with zero attached hydrogens (tertiary/aromatic N) is 3. The maximum Gasteiger partial charge on any atom is 0.165 e. The lowest BCUT2D eigenvalue weighted by Gasteiger charge is -2.20. The van der Waals surface area contributed by atoms with Crippen molar-refractivity contribution in [3.05, 3.63) is 36.4 Å². The SMILES string of the molecule is CCn1cc(Oc2ccnc(CNC(C)(C)C)c2)cn1. The van der Waals surface area contributed by atoms with Gasteiger partial charge in [0.25, 0.3) is 0 Å². The van der Waals surface area contributed by atoms with Crippen LogP contribution in [0, 0.1) is 0 Å². The van der Waals surface area contributed by atoms with E-state index in [2.05, 4.69) is 36.2 Å². The van der Waals surface area contributed by atoms with Crippen molar-refractivity contribution in [2.45, 2.75) is 46.3 Å². The van der Waals surface area contributed by atoms with E-state index in [4.69, 9.17) is 4.74 Å². The van der Waals surface area contributed by atoms with Crippen LogP contribution < -0.4 is 10.1 Å². The second kappa shape index (κ2) is 6.05. The number of nitrogens with one attached hydrogen (secondary N) is 1. The van der Waals surface area contributed by atoms with Crippen LogP contribution in [0.15, 0.2) is 30.7 Å². The van der Waals surface area contributed by atoms with Gasteiger partial charge >= 0.3 is 0 Å². The third kappa shape index (κ3) is 4.35. The van der Waals surface area contributed by atoms with E-state index in [1.54, 1.807) is 12.4 Å². The van der Waals surface area contributed by atoms with Gasteiger partial charge in [0.05, 0.1) is 18.1 Å². The van der Waals surface area contributed by atoms with Crippen molar-refractivity contribution in [2.24, 2.45) is 0 Å². The van der Waals surface area contributed by atoms with Crippen LogP contribution in [0.1, 0.15) is 33.4 Å². The molecule has 0 aliphatic heterocycles. The Morgan fingerprint density at radius 3 is 2.75 bits per heavy atom. The Kier molecular flexibility index (Phi) is 4.39. The molecule has 2 heterocycles. The summed E-state index contributed by atoms with van der Waals surface area (Å²) >= 11 is 0. The van der Waals surface area contributed by atoms with Crippen LogP contribution in [0.25, 0.3) is 0 Å². The Labute approximate surface area is 120 Å². The summed E-state index contributed by atoms with van der Waals surface area (Å²) in [5, 5.41) is 7.59. The molecule has 0 aromatic carbocycles. The average molecular weight is 274 g/mol. The fourth-order valence-corrected chi connectivity index (χ4v) is 1.68. The van der Waals surface area contributed by atoms with Crippen molar-refractivity contribution < 1.29 is 4.74 Å². The molecular weight excluding hydrogens is 252 g/mol. The summed E-state index contributed by atoms with van der Waals surface area (Å²) in [5.41, 5.74) is 1.03. The number of pyridine rings is 1. The summed E-state index contributed by atoms with van der Waals surface area (Å²) in [7, 11) is 0. The molecule has 0 radical (unpaired) electrons. The van der Waals surface area contributed by atoms with Crippen molar-refractivity contribution in [1.29, 1.82) is 0 Å². The Morgan fingerprint density at radius 1 is 1.30 bits per heavy atom. The van der Waals surface area contributed by atoms with E-state index < -0.39 is 0 Å². The molecular formula is C15H22N4O. The molecule has 2 aromatic heterocycles. The highest BCUT2D eigenvalue weighted by Gasteiger charge is 2.09. The van der Waals surface area contributed by atoms with Crippen LogP contribution in [0.2, 0.25) is 0 Å². The first-order valence-electron chi connectivity index (χ1n) is 6.86. The van der Waals surface area contributed by atoms with Gasteiger partial charge in [-0.2, -0.15) is 5.10 Å². The molecule has 0 fully saturated rings. The summed E-state index contributed by atoms with van der Waals surface area (Å²) in [5.74, 6) is 1.52. The van der Waals surface area contributed by atoms with Crippen molar-refractivity contribution in [2.75, 3.05) is 0 Å². The van der Waals surface area contributed by atoms with Crippen LogP contribution in [0.5, 0.6) is 11.5 Å². The third-order valence-electron chi connectivity index (χ3n) is 2.76. The molecule has 0 unspecified atom stereocenters. The molecule has 0 amide bonds. The molecule has 0 saturated heterocycles. The molecule has 0 aliphatic carbocycles. The first-order chi connectivity index (χ1) is 9.46. The predicted molar refractivity (Wildman–Crippen MR) is 78.8 cm³/mol. The topological polar surface area (TPSA) is 52.0 Å². The molecule has 20 heavy (non-hydrogen) atoms. The lowest BCUT2D eigenvalue weighted by molar-refractivity contribution is 0.419. The first kappa shape index (κ1) is 14.5. The Morgan fingerprint density at radius 2 is 2.10 bits per heavy atom. The molecule has 108 valence electrons. The van der Waals surface area contributed by atoms with E-state index in [-0.39, 0.29) is 5.54 Å². The number of aromatic nitrogens is 3. The highest BCUT2D eigenvalue weighted by Crippen LogP contribution is 2.20. The highest BCUT2D eigenvalue weighted by atomic mass is 16.5. The maximum atomic E-state index is 5.78. The van der Waals surface area contributed by atoms with E-state index in [0.29, 0.717) is 0 Å². The average Bonchev–Trinajstić information content (AvgIpc) is 2.84. The van der Waals surface area contributed by atoms with Crippen LogP contribution in [-0.2, 0) is 13.1 Å². The minimum absolute atomic E-state index is 0.0702. The first-order valence-corrected chi connectivity index (χ1v) is 6.86. The van der Waals surface area contributed by atoms with Crippen molar-refractivity contribution in [1.82, 2.24) is 20.1 Å².